The first-order valence-corrected chi connectivity index (χ1v) is 7.67. The van der Waals surface area contributed by atoms with Crippen LogP contribution in [0, 0.1) is 6.92 Å². The molecule has 0 spiro atoms. The summed E-state index contributed by atoms with van der Waals surface area (Å²) < 4.78 is 10.6. The maximum absolute atomic E-state index is 12.2. The minimum absolute atomic E-state index is 0.00557. The summed E-state index contributed by atoms with van der Waals surface area (Å²) in [6, 6.07) is 4.73. The highest BCUT2D eigenvalue weighted by atomic mass is 32.1. The van der Waals surface area contributed by atoms with E-state index in [9.17, 15) is 9.90 Å². The molecule has 3 aromatic rings. The lowest BCUT2D eigenvalue weighted by Crippen LogP contribution is -2.04. The van der Waals surface area contributed by atoms with Crippen molar-refractivity contribution in [2.75, 3.05) is 6.61 Å². The zero-order valence-electron chi connectivity index (χ0n) is 12.4. The zero-order chi connectivity index (χ0) is 16.4. The van der Waals surface area contributed by atoms with Gasteiger partial charge in [-0.15, -0.1) is 21.6 Å². The Morgan fingerprint density at radius 3 is 2.96 bits per heavy atom. The third-order valence-electron chi connectivity index (χ3n) is 3.05. The van der Waals surface area contributed by atoms with E-state index in [4.69, 9.17) is 9.26 Å². The molecule has 0 aliphatic rings. The molecular weight excluding hydrogens is 318 g/mol. The quantitative estimate of drug-likeness (QED) is 0.561. The molecule has 0 aliphatic heterocycles. The number of hydrogen-bond donors (Lipinski definition) is 1. The minimum Gasteiger partial charge on any atom is -0.507 e. The number of carbonyl (C=O) groups excluding carboxylic acids is 1. The molecule has 2 aromatic heterocycles. The molecule has 23 heavy (non-hydrogen) atoms. The van der Waals surface area contributed by atoms with Crippen LogP contribution in [0.4, 0.5) is 11.6 Å². The molecule has 0 amide bonds. The SMILES string of the molecule is CCOC(=O)c1cc(O)c2cc(C)sc2c1N=Nc1ccno1. The summed E-state index contributed by atoms with van der Waals surface area (Å²) in [5, 5.41) is 22.4. The molecular formula is C15H13N3O4S. The Labute approximate surface area is 135 Å². The number of ether oxygens (including phenoxy) is 1. The van der Waals surface area contributed by atoms with Gasteiger partial charge in [-0.25, -0.2) is 4.79 Å². The largest absolute Gasteiger partial charge is 0.507 e. The van der Waals surface area contributed by atoms with Crippen molar-refractivity contribution in [2.45, 2.75) is 13.8 Å². The molecule has 3 rings (SSSR count). The lowest BCUT2D eigenvalue weighted by atomic mass is 10.1. The van der Waals surface area contributed by atoms with E-state index in [1.165, 1.54) is 23.6 Å². The molecule has 118 valence electrons. The van der Waals surface area contributed by atoms with E-state index in [1.807, 2.05) is 13.0 Å². The van der Waals surface area contributed by atoms with E-state index in [1.54, 1.807) is 13.0 Å². The summed E-state index contributed by atoms with van der Waals surface area (Å²) in [6.07, 6.45) is 1.45. The second kappa shape index (κ2) is 6.17. The number of aromatic hydroxyl groups is 1. The number of phenolic OH excluding ortho intramolecular Hbond substituents is 1. The number of aryl methyl sites for hydroxylation is 1. The van der Waals surface area contributed by atoms with Crippen molar-refractivity contribution in [3.05, 3.63) is 34.8 Å². The molecule has 7 nitrogen and oxygen atoms in total. The predicted molar refractivity (Wildman–Crippen MR) is 84.9 cm³/mol. The molecule has 0 fully saturated rings. The maximum Gasteiger partial charge on any atom is 0.340 e. The summed E-state index contributed by atoms with van der Waals surface area (Å²) in [7, 11) is 0. The average Bonchev–Trinajstić information content (AvgIpc) is 3.15. The normalized spacial score (nSPS) is 11.4. The molecule has 2 heterocycles. The van der Waals surface area contributed by atoms with Crippen LogP contribution >= 0.6 is 11.3 Å². The highest BCUT2D eigenvalue weighted by Gasteiger charge is 2.20. The number of fused-ring (bicyclic) bond motifs is 1. The van der Waals surface area contributed by atoms with Gasteiger partial charge in [0, 0.05) is 16.3 Å². The van der Waals surface area contributed by atoms with Crippen LogP contribution in [0.3, 0.4) is 0 Å². The van der Waals surface area contributed by atoms with Crippen LogP contribution in [0.1, 0.15) is 22.2 Å². The van der Waals surface area contributed by atoms with Crippen LogP contribution < -0.4 is 0 Å². The molecule has 8 heteroatoms. The second-order valence-corrected chi connectivity index (χ2v) is 5.92. The van der Waals surface area contributed by atoms with Crippen LogP contribution in [0.5, 0.6) is 5.75 Å². The first-order chi connectivity index (χ1) is 11.1. The summed E-state index contributed by atoms with van der Waals surface area (Å²) in [5.74, 6) is -0.345. The van der Waals surface area contributed by atoms with Gasteiger partial charge in [0.15, 0.2) is 0 Å². The molecule has 0 aliphatic carbocycles. The highest BCUT2D eigenvalue weighted by molar-refractivity contribution is 7.19. The van der Waals surface area contributed by atoms with Gasteiger partial charge in [0.1, 0.15) is 11.4 Å². The van der Waals surface area contributed by atoms with Crippen LogP contribution in [0.25, 0.3) is 10.1 Å². The van der Waals surface area contributed by atoms with Crippen molar-refractivity contribution < 1.29 is 19.2 Å². The van der Waals surface area contributed by atoms with E-state index in [2.05, 4.69) is 15.4 Å². The van der Waals surface area contributed by atoms with Crippen LogP contribution in [-0.4, -0.2) is 22.8 Å². The number of thiophene rings is 1. The molecule has 0 radical (unpaired) electrons. The average molecular weight is 331 g/mol. The first-order valence-electron chi connectivity index (χ1n) is 6.85. The van der Waals surface area contributed by atoms with Crippen molar-refractivity contribution >= 4 is 39.0 Å². The lowest BCUT2D eigenvalue weighted by molar-refractivity contribution is 0.0527. The number of carbonyl (C=O) groups is 1. The van der Waals surface area contributed by atoms with Crippen molar-refractivity contribution in [3.63, 3.8) is 0 Å². The molecule has 1 N–H and O–H groups in total. The van der Waals surface area contributed by atoms with Crippen LogP contribution in [0.15, 0.2) is 39.1 Å². The van der Waals surface area contributed by atoms with Crippen LogP contribution in [0.2, 0.25) is 0 Å². The van der Waals surface area contributed by atoms with Crippen molar-refractivity contribution in [1.29, 1.82) is 0 Å². The van der Waals surface area contributed by atoms with Gasteiger partial charge in [0.2, 0.25) is 0 Å². The van der Waals surface area contributed by atoms with Crippen molar-refractivity contribution in [1.82, 2.24) is 5.16 Å². The summed E-state index contributed by atoms with van der Waals surface area (Å²) in [6.45, 7) is 3.84. The monoisotopic (exact) mass is 331 g/mol. The Kier molecular flexibility index (Phi) is 4.07. The Morgan fingerprint density at radius 2 is 2.26 bits per heavy atom. The van der Waals surface area contributed by atoms with Gasteiger partial charge in [-0.2, -0.15) is 0 Å². The molecule has 0 saturated carbocycles. The Hall–Kier alpha value is -2.74. The number of phenols is 1. The minimum atomic E-state index is -0.567. The van der Waals surface area contributed by atoms with Gasteiger partial charge in [0.05, 0.1) is 23.1 Å². The molecule has 0 atom stereocenters. The first kappa shape index (κ1) is 15.2. The summed E-state index contributed by atoms with van der Waals surface area (Å²) in [5.41, 5.74) is 0.493. The highest BCUT2D eigenvalue weighted by Crippen LogP contribution is 2.42. The van der Waals surface area contributed by atoms with Crippen molar-refractivity contribution in [3.8, 4) is 5.75 Å². The van der Waals surface area contributed by atoms with E-state index in [0.717, 1.165) is 4.88 Å². The number of aromatic nitrogens is 1. The third-order valence-corrected chi connectivity index (χ3v) is 4.11. The van der Waals surface area contributed by atoms with Gasteiger partial charge >= 0.3 is 5.97 Å². The second-order valence-electron chi connectivity index (χ2n) is 4.66. The maximum atomic E-state index is 12.2. The Balaban J connectivity index is 2.20. The van der Waals surface area contributed by atoms with E-state index in [0.29, 0.717) is 15.8 Å². The Morgan fingerprint density at radius 1 is 1.43 bits per heavy atom. The van der Waals surface area contributed by atoms with Gasteiger partial charge in [-0.1, -0.05) is 5.16 Å². The van der Waals surface area contributed by atoms with E-state index >= 15 is 0 Å². The summed E-state index contributed by atoms with van der Waals surface area (Å²) in [4.78, 5) is 13.1. The van der Waals surface area contributed by atoms with Gasteiger partial charge in [-0.05, 0) is 26.0 Å². The van der Waals surface area contributed by atoms with E-state index < -0.39 is 5.97 Å². The number of benzene rings is 1. The smallest absolute Gasteiger partial charge is 0.340 e. The fourth-order valence-electron chi connectivity index (χ4n) is 2.11. The number of nitrogens with zero attached hydrogens (tertiary/aromatic N) is 3. The predicted octanol–water partition coefficient (Wildman–Crippen LogP) is 4.50. The zero-order valence-corrected chi connectivity index (χ0v) is 13.3. The van der Waals surface area contributed by atoms with Crippen molar-refractivity contribution in [2.24, 2.45) is 10.2 Å². The van der Waals surface area contributed by atoms with E-state index in [-0.39, 0.29) is 23.8 Å². The molecule has 0 saturated heterocycles. The lowest BCUT2D eigenvalue weighted by Gasteiger charge is -2.07. The third kappa shape index (κ3) is 2.93. The van der Waals surface area contributed by atoms with Crippen LogP contribution in [-0.2, 0) is 4.74 Å². The number of esters is 1. The Bertz CT molecular complexity index is 884. The fraction of sp³-hybridized carbons (Fsp3) is 0.200. The van der Waals surface area contributed by atoms with Gasteiger partial charge in [-0.3, -0.25) is 0 Å². The fourth-order valence-corrected chi connectivity index (χ4v) is 3.13. The van der Waals surface area contributed by atoms with Gasteiger partial charge < -0.3 is 14.4 Å². The topological polar surface area (TPSA) is 97.3 Å². The molecule has 1 aromatic carbocycles. The molecule has 0 bridgehead atoms. The number of rotatable bonds is 4. The standard InChI is InChI=1S/C15H13N3O4S/c1-3-21-15(20)10-7-11(19)9-6-8(2)23-14(9)13(10)18-17-12-4-5-16-22-12/h4-7,19H,3H2,1-2H3. The number of azo groups is 1. The number of hydrogen-bond acceptors (Lipinski definition) is 8. The summed E-state index contributed by atoms with van der Waals surface area (Å²) >= 11 is 1.41. The molecule has 0 unspecified atom stereocenters. The van der Waals surface area contributed by atoms with Gasteiger partial charge in [0.25, 0.3) is 5.88 Å².